The molecule has 0 unspecified atom stereocenters. The van der Waals surface area contributed by atoms with Crippen molar-refractivity contribution in [3.05, 3.63) is 53.6 Å². The van der Waals surface area contributed by atoms with Crippen LogP contribution >= 0.6 is 0 Å². The summed E-state index contributed by atoms with van der Waals surface area (Å²) in [5, 5.41) is 21.1. The van der Waals surface area contributed by atoms with E-state index in [9.17, 15) is 14.7 Å². The molecule has 0 radical (unpaired) electrons. The van der Waals surface area contributed by atoms with E-state index < -0.39 is 5.97 Å². The molecule has 1 amide bonds. The van der Waals surface area contributed by atoms with Crippen molar-refractivity contribution in [3.63, 3.8) is 0 Å². The van der Waals surface area contributed by atoms with Gasteiger partial charge >= 0.3 is 5.97 Å². The standard InChI is InChI=1S/C15H10N2O4/c18-12-6-5-8(7-10(12)15(20)21)16-13-9-3-1-2-4-11(9)17-14(13)19/h1-7,18H,(H,20,21)(H,16,17,19). The SMILES string of the molecule is O=C1Nc2ccccc2C1=Nc1ccc(O)c(C(=O)O)c1. The van der Waals surface area contributed by atoms with Gasteiger partial charge in [0.15, 0.2) is 0 Å². The Labute approximate surface area is 119 Å². The Morgan fingerprint density at radius 1 is 1.14 bits per heavy atom. The maximum absolute atomic E-state index is 11.9. The molecule has 1 aliphatic rings. The molecule has 3 rings (SSSR count). The lowest BCUT2D eigenvalue weighted by Gasteiger charge is -2.02. The average molecular weight is 282 g/mol. The molecule has 1 aliphatic heterocycles. The highest BCUT2D eigenvalue weighted by Gasteiger charge is 2.25. The molecule has 0 aromatic heterocycles. The minimum Gasteiger partial charge on any atom is -0.507 e. The van der Waals surface area contributed by atoms with Gasteiger partial charge in [-0.1, -0.05) is 18.2 Å². The second-order valence-electron chi connectivity index (χ2n) is 4.47. The number of aromatic hydroxyl groups is 1. The molecule has 3 N–H and O–H groups in total. The van der Waals surface area contributed by atoms with Gasteiger partial charge < -0.3 is 15.5 Å². The number of hydrogen-bond acceptors (Lipinski definition) is 4. The number of carbonyl (C=O) groups is 2. The Hall–Kier alpha value is -3.15. The lowest BCUT2D eigenvalue weighted by atomic mass is 10.1. The summed E-state index contributed by atoms with van der Waals surface area (Å²) in [5.74, 6) is -1.95. The van der Waals surface area contributed by atoms with Gasteiger partial charge in [-0.3, -0.25) is 4.79 Å². The number of para-hydroxylation sites is 1. The smallest absolute Gasteiger partial charge is 0.339 e. The predicted octanol–water partition coefficient (Wildman–Crippen LogP) is 2.16. The van der Waals surface area contributed by atoms with Gasteiger partial charge in [-0.15, -0.1) is 0 Å². The van der Waals surface area contributed by atoms with E-state index in [4.69, 9.17) is 5.11 Å². The van der Waals surface area contributed by atoms with Gasteiger partial charge in [-0.25, -0.2) is 9.79 Å². The Morgan fingerprint density at radius 3 is 2.67 bits per heavy atom. The maximum Gasteiger partial charge on any atom is 0.339 e. The van der Waals surface area contributed by atoms with Crippen LogP contribution in [-0.2, 0) is 4.79 Å². The number of rotatable bonds is 2. The van der Waals surface area contributed by atoms with Gasteiger partial charge in [0.25, 0.3) is 5.91 Å². The van der Waals surface area contributed by atoms with E-state index in [1.54, 1.807) is 24.3 Å². The molecule has 0 saturated carbocycles. The maximum atomic E-state index is 11.9. The van der Waals surface area contributed by atoms with E-state index in [0.717, 1.165) is 0 Å². The van der Waals surface area contributed by atoms with Crippen LogP contribution in [-0.4, -0.2) is 27.8 Å². The average Bonchev–Trinajstić information content (AvgIpc) is 2.77. The van der Waals surface area contributed by atoms with Crippen molar-refractivity contribution in [2.75, 3.05) is 5.32 Å². The minimum atomic E-state index is -1.26. The molecule has 6 heteroatoms. The molecule has 2 aromatic rings. The summed E-state index contributed by atoms with van der Waals surface area (Å²) in [7, 11) is 0. The van der Waals surface area contributed by atoms with Gasteiger partial charge in [0.1, 0.15) is 17.0 Å². The van der Waals surface area contributed by atoms with E-state index in [0.29, 0.717) is 11.3 Å². The molecule has 21 heavy (non-hydrogen) atoms. The highest BCUT2D eigenvalue weighted by Crippen LogP contribution is 2.27. The van der Waals surface area contributed by atoms with Crippen LogP contribution in [0.15, 0.2) is 47.5 Å². The second kappa shape index (κ2) is 4.75. The van der Waals surface area contributed by atoms with Crippen molar-refractivity contribution in [1.82, 2.24) is 0 Å². The predicted molar refractivity (Wildman–Crippen MR) is 76.3 cm³/mol. The summed E-state index contributed by atoms with van der Waals surface area (Å²) in [6, 6.07) is 11.0. The van der Waals surface area contributed by atoms with Crippen molar-refractivity contribution in [1.29, 1.82) is 0 Å². The van der Waals surface area contributed by atoms with Gasteiger partial charge in [0, 0.05) is 5.56 Å². The topological polar surface area (TPSA) is 99.0 Å². The number of carboxylic acid groups (broad SMARTS) is 1. The van der Waals surface area contributed by atoms with Crippen LogP contribution in [0.3, 0.4) is 0 Å². The number of benzene rings is 2. The van der Waals surface area contributed by atoms with Crippen molar-refractivity contribution in [2.24, 2.45) is 4.99 Å². The molecule has 0 aliphatic carbocycles. The molecule has 0 atom stereocenters. The third-order valence-corrected chi connectivity index (χ3v) is 3.10. The summed E-state index contributed by atoms with van der Waals surface area (Å²) in [6.45, 7) is 0. The highest BCUT2D eigenvalue weighted by atomic mass is 16.4. The number of hydrogen-bond donors (Lipinski definition) is 3. The van der Waals surface area contributed by atoms with Crippen LogP contribution in [0.1, 0.15) is 15.9 Å². The molecule has 1 heterocycles. The van der Waals surface area contributed by atoms with E-state index in [2.05, 4.69) is 10.3 Å². The van der Waals surface area contributed by atoms with E-state index >= 15 is 0 Å². The van der Waals surface area contributed by atoms with Crippen LogP contribution < -0.4 is 5.32 Å². The number of fused-ring (bicyclic) bond motifs is 1. The largest absolute Gasteiger partial charge is 0.507 e. The van der Waals surface area contributed by atoms with Crippen molar-refractivity contribution >= 4 is 29.0 Å². The van der Waals surface area contributed by atoms with Crippen molar-refractivity contribution in [2.45, 2.75) is 0 Å². The van der Waals surface area contributed by atoms with Crippen LogP contribution in [0.4, 0.5) is 11.4 Å². The molecule has 0 spiro atoms. The van der Waals surface area contributed by atoms with Gasteiger partial charge in [0.05, 0.1) is 11.4 Å². The number of carbonyl (C=O) groups excluding carboxylic acids is 1. The molecule has 0 bridgehead atoms. The zero-order valence-corrected chi connectivity index (χ0v) is 10.7. The third-order valence-electron chi connectivity index (χ3n) is 3.10. The lowest BCUT2D eigenvalue weighted by molar-refractivity contribution is -0.110. The van der Waals surface area contributed by atoms with Gasteiger partial charge in [-0.05, 0) is 24.3 Å². The van der Waals surface area contributed by atoms with E-state index in [-0.39, 0.29) is 28.6 Å². The normalized spacial score (nSPS) is 14.9. The number of nitrogens with one attached hydrogen (secondary N) is 1. The fraction of sp³-hybridized carbons (Fsp3) is 0. The Bertz CT molecular complexity index is 796. The van der Waals surface area contributed by atoms with E-state index in [1.165, 1.54) is 18.2 Å². The lowest BCUT2D eigenvalue weighted by Crippen LogP contribution is -2.13. The van der Waals surface area contributed by atoms with Crippen molar-refractivity contribution < 1.29 is 19.8 Å². The first kappa shape index (κ1) is 12.9. The van der Waals surface area contributed by atoms with Crippen LogP contribution in [0, 0.1) is 0 Å². The number of carboxylic acids is 1. The summed E-state index contributed by atoms with van der Waals surface area (Å²) in [6.07, 6.45) is 0. The monoisotopic (exact) mass is 282 g/mol. The zero-order valence-electron chi connectivity index (χ0n) is 10.7. The fourth-order valence-electron chi connectivity index (χ4n) is 2.11. The first-order chi connectivity index (χ1) is 10.1. The first-order valence-corrected chi connectivity index (χ1v) is 6.12. The Kier molecular flexibility index (Phi) is 2.91. The second-order valence-corrected chi connectivity index (χ2v) is 4.47. The number of amides is 1. The number of nitrogens with zero attached hydrogens (tertiary/aromatic N) is 1. The Balaban J connectivity index is 2.09. The molecular formula is C15H10N2O4. The molecule has 6 nitrogen and oxygen atoms in total. The molecule has 0 fully saturated rings. The number of aromatic carboxylic acids is 1. The third kappa shape index (κ3) is 2.23. The summed E-state index contributed by atoms with van der Waals surface area (Å²) in [5.41, 5.74) is 1.56. The van der Waals surface area contributed by atoms with Crippen LogP contribution in [0.25, 0.3) is 0 Å². The molecular weight excluding hydrogens is 272 g/mol. The highest BCUT2D eigenvalue weighted by molar-refractivity contribution is 6.54. The quantitative estimate of drug-likeness (QED) is 0.786. The van der Waals surface area contributed by atoms with Gasteiger partial charge in [-0.2, -0.15) is 0 Å². The number of aliphatic imine (C=N–C) groups is 1. The molecule has 2 aromatic carbocycles. The van der Waals surface area contributed by atoms with Crippen LogP contribution in [0.2, 0.25) is 0 Å². The summed E-state index contributed by atoms with van der Waals surface area (Å²) in [4.78, 5) is 27.1. The zero-order chi connectivity index (χ0) is 15.0. The first-order valence-electron chi connectivity index (χ1n) is 6.12. The Morgan fingerprint density at radius 2 is 1.90 bits per heavy atom. The number of anilines is 1. The van der Waals surface area contributed by atoms with Crippen molar-refractivity contribution in [3.8, 4) is 5.75 Å². The van der Waals surface area contributed by atoms with E-state index in [1.807, 2.05) is 0 Å². The number of phenols is 1. The fourth-order valence-corrected chi connectivity index (χ4v) is 2.11. The summed E-state index contributed by atoms with van der Waals surface area (Å²) >= 11 is 0. The molecule has 0 saturated heterocycles. The minimum absolute atomic E-state index is 0.215. The van der Waals surface area contributed by atoms with Crippen LogP contribution in [0.5, 0.6) is 5.75 Å². The summed E-state index contributed by atoms with van der Waals surface area (Å²) < 4.78 is 0. The van der Waals surface area contributed by atoms with Gasteiger partial charge in [0.2, 0.25) is 0 Å². The molecule has 104 valence electrons.